The number of benzene rings is 2. The number of nitrogens with zero attached hydrogens (tertiary/aromatic N) is 6. The van der Waals surface area contributed by atoms with Crippen molar-refractivity contribution in [2.24, 2.45) is 11.8 Å². The molecular weight excluding hydrogens is 861 g/mol. The molecule has 2 aromatic heterocycles. The highest BCUT2D eigenvalue weighted by molar-refractivity contribution is 7.14. The molecule has 12 heteroatoms. The number of carbonyl (C=O) groups is 2. The molecule has 2 atom stereocenters. The summed E-state index contributed by atoms with van der Waals surface area (Å²) in [7, 11) is 0. The molecule has 0 saturated heterocycles. The van der Waals surface area contributed by atoms with Gasteiger partial charge in [0.15, 0.2) is 22.8 Å². The third kappa shape index (κ3) is 5.85. The van der Waals surface area contributed by atoms with Crippen molar-refractivity contribution in [3.8, 4) is 12.1 Å². The first-order valence-corrected chi connectivity index (χ1v) is 24.0. The number of ketones is 2. The first-order chi connectivity index (χ1) is 32.3. The van der Waals surface area contributed by atoms with Gasteiger partial charge in [0.1, 0.15) is 32.9 Å². The summed E-state index contributed by atoms with van der Waals surface area (Å²) in [5.41, 5.74) is 5.61. The number of hydrogen-bond acceptors (Lipinski definition) is 10. The van der Waals surface area contributed by atoms with Crippen LogP contribution in [0.15, 0.2) is 107 Å². The number of carbonyl (C=O) groups excluding carboxylic acids is 2. The summed E-state index contributed by atoms with van der Waals surface area (Å²) in [4.78, 5) is 47.4. The van der Waals surface area contributed by atoms with Gasteiger partial charge in [0.05, 0.1) is 35.0 Å². The van der Waals surface area contributed by atoms with Crippen LogP contribution < -0.4 is 0 Å². The zero-order valence-corrected chi connectivity index (χ0v) is 37.1. The molecule has 66 heavy (non-hydrogen) atoms. The molecule has 4 heterocycles. The summed E-state index contributed by atoms with van der Waals surface area (Å²) in [5.74, 6) is 1.06. The van der Waals surface area contributed by atoms with Crippen LogP contribution in [-0.2, 0) is 20.7 Å². The van der Waals surface area contributed by atoms with Crippen molar-refractivity contribution in [1.29, 1.82) is 10.5 Å². The largest absolute Gasteiger partial charge is 0.481 e. The summed E-state index contributed by atoms with van der Waals surface area (Å²) in [6.45, 7) is 15.5. The second-order valence-corrected chi connectivity index (χ2v) is 20.0. The number of thiazole rings is 2. The van der Waals surface area contributed by atoms with Gasteiger partial charge < -0.3 is 9.47 Å². The SMILES string of the molecule is [C-]#[N+]/C(C#N)=C1\C(=C\c2nc3c(s2)C2=CC4C=C5OC6(CCCCC6)c6nc(/C=C7\C(=O)c8ccccc8\C7=C(\C#N)[N+]#[C-])sc6C5=CC4C=C2OC32CCCCC2)C(=O)c2ccccc21. The predicted octanol–water partition coefficient (Wildman–Crippen LogP) is 12.3. The lowest BCUT2D eigenvalue weighted by molar-refractivity contribution is -0.0374. The molecule has 2 fully saturated rings. The fraction of sp³-hybridized carbons (Fsp3) is 0.259. The predicted molar refractivity (Wildman–Crippen MR) is 251 cm³/mol. The molecule has 10 nitrogen and oxygen atoms in total. The lowest BCUT2D eigenvalue weighted by Crippen LogP contribution is -2.38. The number of ether oxygens (including phenoxy) is 2. The molecule has 2 unspecified atom stereocenters. The highest BCUT2D eigenvalue weighted by Gasteiger charge is 2.50. The lowest BCUT2D eigenvalue weighted by Gasteiger charge is -2.45. The van der Waals surface area contributed by atoms with E-state index in [2.05, 4.69) is 34.0 Å². The summed E-state index contributed by atoms with van der Waals surface area (Å²) < 4.78 is 14.4. The van der Waals surface area contributed by atoms with E-state index in [1.165, 1.54) is 22.7 Å². The van der Waals surface area contributed by atoms with Gasteiger partial charge in [0, 0.05) is 56.4 Å². The van der Waals surface area contributed by atoms with Crippen molar-refractivity contribution < 1.29 is 19.1 Å². The molecule has 2 spiro atoms. The summed E-state index contributed by atoms with van der Waals surface area (Å²) in [5, 5.41) is 21.2. The van der Waals surface area contributed by atoms with Gasteiger partial charge in [0.25, 0.3) is 11.4 Å². The van der Waals surface area contributed by atoms with E-state index in [0.29, 0.717) is 54.6 Å². The zero-order valence-electron chi connectivity index (χ0n) is 35.4. The average Bonchev–Trinajstić information content (AvgIpc) is 4.11. The molecule has 2 saturated carbocycles. The number of Topliss-reactive ketones (excluding diaryl/α,β-unsaturated/α-hetero) is 2. The van der Waals surface area contributed by atoms with Gasteiger partial charge in [-0.1, -0.05) is 73.5 Å². The molecule has 0 bridgehead atoms. The van der Waals surface area contributed by atoms with Gasteiger partial charge in [-0.05, 0) is 86.8 Å². The molecule has 8 aliphatic rings. The van der Waals surface area contributed by atoms with Crippen LogP contribution in [0.1, 0.15) is 127 Å². The van der Waals surface area contributed by atoms with Crippen molar-refractivity contribution in [2.75, 3.05) is 0 Å². The Kier molecular flexibility index (Phi) is 9.13. The third-order valence-electron chi connectivity index (χ3n) is 14.3. The first kappa shape index (κ1) is 40.1. The Balaban J connectivity index is 0.961. The average molecular weight is 897 g/mol. The van der Waals surface area contributed by atoms with E-state index in [0.717, 1.165) is 108 Å². The van der Waals surface area contributed by atoms with Crippen LogP contribution in [0, 0.1) is 47.6 Å². The van der Waals surface area contributed by atoms with E-state index in [4.69, 9.17) is 32.6 Å². The van der Waals surface area contributed by atoms with Crippen molar-refractivity contribution >= 4 is 68.7 Å². The minimum atomic E-state index is -0.632. The minimum Gasteiger partial charge on any atom is -0.481 e. The standard InChI is InChI=1S/C54H36N6O4S2/c1-57-39(27-55)45-31-13-5-7-15-33(31)47(61)37(45)25-43-59-51-49(65-43)35-21-29-24-42-36(22-30(29)23-41(35)63-53(51)17-9-3-10-18-53)50-52(54(64-42)19-11-4-12-20-54)60-44(66-50)26-38-46(40(28-56)58-2)32-14-6-8-16-34(32)48(38)62/h5-8,13-16,21-26,29-30H,3-4,9-12,17-20H2/b37-25-,38-26-,45-39-,46-40+. The maximum Gasteiger partial charge on any atom is 0.270 e. The third-order valence-corrected chi connectivity index (χ3v) is 16.4. The van der Waals surface area contributed by atoms with Gasteiger partial charge in [-0.25, -0.2) is 30.2 Å². The van der Waals surface area contributed by atoms with Gasteiger partial charge >= 0.3 is 0 Å². The van der Waals surface area contributed by atoms with E-state index in [9.17, 15) is 20.1 Å². The lowest BCUT2D eigenvalue weighted by atomic mass is 9.73. The number of hydrogen-bond donors (Lipinski definition) is 0. The second-order valence-electron chi connectivity index (χ2n) is 17.9. The highest BCUT2D eigenvalue weighted by Crippen LogP contribution is 2.58. The Labute approximate surface area is 388 Å². The smallest absolute Gasteiger partial charge is 0.270 e. The first-order valence-electron chi connectivity index (χ1n) is 22.3. The molecule has 0 amide bonds. The molecular formula is C54H36N6O4S2. The molecule has 12 rings (SSSR count). The van der Waals surface area contributed by atoms with Crippen LogP contribution in [0.3, 0.4) is 0 Å². The number of rotatable bonds is 2. The van der Waals surface area contributed by atoms with Crippen LogP contribution >= 0.6 is 22.7 Å². The van der Waals surface area contributed by atoms with E-state index in [1.807, 2.05) is 24.3 Å². The Hall–Kier alpha value is -7.48. The van der Waals surface area contributed by atoms with Crippen molar-refractivity contribution in [3.63, 3.8) is 0 Å². The Morgan fingerprint density at radius 1 is 0.621 bits per heavy atom. The minimum absolute atomic E-state index is 0.0578. The molecule has 4 aromatic rings. The molecule has 6 aliphatic carbocycles. The van der Waals surface area contributed by atoms with Gasteiger partial charge in [-0.3, -0.25) is 9.59 Å². The number of aromatic nitrogens is 2. The van der Waals surface area contributed by atoms with Gasteiger partial charge in [0.2, 0.25) is 0 Å². The topological polar surface area (TPSA) is 135 Å². The highest BCUT2D eigenvalue weighted by atomic mass is 32.1. The summed E-state index contributed by atoms with van der Waals surface area (Å²) in [6, 6.07) is 18.3. The maximum atomic E-state index is 13.9. The van der Waals surface area contributed by atoms with Crippen molar-refractivity contribution in [1.82, 2.24) is 9.97 Å². The van der Waals surface area contributed by atoms with Crippen LogP contribution in [0.2, 0.25) is 0 Å². The normalized spacial score (nSPS) is 25.0. The fourth-order valence-electron chi connectivity index (χ4n) is 11.3. The van der Waals surface area contributed by atoms with E-state index in [1.54, 1.807) is 48.6 Å². The van der Waals surface area contributed by atoms with E-state index < -0.39 is 11.2 Å². The summed E-state index contributed by atoms with van der Waals surface area (Å²) in [6.07, 6.45) is 22.0. The zero-order chi connectivity index (χ0) is 44.9. The molecule has 0 radical (unpaired) electrons. The maximum absolute atomic E-state index is 13.9. The van der Waals surface area contributed by atoms with Gasteiger partial charge in [-0.15, -0.1) is 22.7 Å². The van der Waals surface area contributed by atoms with Crippen LogP contribution in [0.5, 0.6) is 0 Å². The Morgan fingerprint density at radius 3 is 1.39 bits per heavy atom. The van der Waals surface area contributed by atoms with Crippen molar-refractivity contribution in [2.45, 2.75) is 75.4 Å². The molecule has 2 aliphatic heterocycles. The molecule has 318 valence electrons. The van der Waals surface area contributed by atoms with Crippen molar-refractivity contribution in [3.05, 3.63) is 183 Å². The monoisotopic (exact) mass is 896 g/mol. The number of nitriles is 2. The van der Waals surface area contributed by atoms with Crippen LogP contribution in [-0.4, -0.2) is 21.5 Å². The van der Waals surface area contributed by atoms with E-state index >= 15 is 0 Å². The number of fused-ring (bicyclic) bond motifs is 11. The molecule has 2 aromatic carbocycles. The second kappa shape index (κ2) is 15.0. The fourth-order valence-corrected chi connectivity index (χ4v) is 13.6. The number of allylic oxidation sites excluding steroid dienone is 12. The Morgan fingerprint density at radius 2 is 1.02 bits per heavy atom. The van der Waals surface area contributed by atoms with Gasteiger partial charge in [-0.2, -0.15) is 0 Å². The van der Waals surface area contributed by atoms with E-state index in [-0.39, 0.29) is 34.8 Å². The van der Waals surface area contributed by atoms with Crippen LogP contribution in [0.25, 0.3) is 44.1 Å². The quantitative estimate of drug-likeness (QED) is 0.110. The summed E-state index contributed by atoms with van der Waals surface area (Å²) >= 11 is 3.04. The molecule has 0 N–H and O–H groups in total. The Bertz CT molecular complexity index is 3120. The van der Waals surface area contributed by atoms with Crippen LogP contribution in [0.4, 0.5) is 0 Å².